The van der Waals surface area contributed by atoms with Gasteiger partial charge in [-0.25, -0.2) is 0 Å². The van der Waals surface area contributed by atoms with Crippen molar-refractivity contribution in [3.05, 3.63) is 10.4 Å². The van der Waals surface area contributed by atoms with Gasteiger partial charge < -0.3 is 16.4 Å². The SMILES string of the molecule is C[C@H]1Nc2nc(N)[nH]c(=O)c2N[C@@H]1C. The van der Waals surface area contributed by atoms with E-state index in [2.05, 4.69) is 20.6 Å². The molecule has 1 aliphatic rings. The molecule has 76 valence electrons. The molecule has 14 heavy (non-hydrogen) atoms. The maximum absolute atomic E-state index is 11.5. The number of nitrogens with one attached hydrogen (secondary N) is 3. The highest BCUT2D eigenvalue weighted by atomic mass is 16.1. The molecule has 1 aromatic rings. The fourth-order valence-electron chi connectivity index (χ4n) is 1.42. The molecular formula is C8H13N5O. The van der Waals surface area contributed by atoms with E-state index in [-0.39, 0.29) is 23.6 Å². The summed E-state index contributed by atoms with van der Waals surface area (Å²) in [6.07, 6.45) is 0. The van der Waals surface area contributed by atoms with Gasteiger partial charge in [0, 0.05) is 12.1 Å². The van der Waals surface area contributed by atoms with Crippen molar-refractivity contribution in [3.8, 4) is 0 Å². The van der Waals surface area contributed by atoms with E-state index < -0.39 is 0 Å². The van der Waals surface area contributed by atoms with Crippen molar-refractivity contribution in [1.82, 2.24) is 9.97 Å². The molecule has 5 N–H and O–H groups in total. The molecule has 6 nitrogen and oxygen atoms in total. The number of anilines is 3. The number of fused-ring (bicyclic) bond motifs is 1. The fourth-order valence-corrected chi connectivity index (χ4v) is 1.42. The van der Waals surface area contributed by atoms with E-state index in [4.69, 9.17) is 5.73 Å². The number of hydrogen-bond acceptors (Lipinski definition) is 5. The number of aromatic amines is 1. The second-order valence-electron chi connectivity index (χ2n) is 3.54. The van der Waals surface area contributed by atoms with E-state index >= 15 is 0 Å². The first kappa shape index (κ1) is 8.86. The predicted octanol–water partition coefficient (Wildman–Crippen LogP) is -0.0335. The Hall–Kier alpha value is -1.72. The van der Waals surface area contributed by atoms with Crippen molar-refractivity contribution in [2.45, 2.75) is 25.9 Å². The minimum atomic E-state index is -0.237. The maximum atomic E-state index is 11.5. The van der Waals surface area contributed by atoms with Gasteiger partial charge in [-0.1, -0.05) is 0 Å². The number of rotatable bonds is 0. The number of nitrogens with two attached hydrogens (primary N) is 1. The van der Waals surface area contributed by atoms with Crippen LogP contribution in [-0.4, -0.2) is 22.1 Å². The quantitative estimate of drug-likeness (QED) is 0.466. The third-order valence-corrected chi connectivity index (χ3v) is 2.42. The van der Waals surface area contributed by atoms with E-state index in [1.54, 1.807) is 0 Å². The second kappa shape index (κ2) is 2.90. The molecule has 0 fully saturated rings. The number of nitrogens with zero attached hydrogens (tertiary/aromatic N) is 1. The maximum Gasteiger partial charge on any atom is 0.277 e. The van der Waals surface area contributed by atoms with Gasteiger partial charge >= 0.3 is 0 Å². The van der Waals surface area contributed by atoms with Crippen LogP contribution in [0.3, 0.4) is 0 Å². The molecule has 1 aromatic heterocycles. The molecular weight excluding hydrogens is 182 g/mol. The topological polar surface area (TPSA) is 95.8 Å². The van der Waals surface area contributed by atoms with Crippen LogP contribution in [0.15, 0.2) is 4.79 Å². The Morgan fingerprint density at radius 3 is 2.64 bits per heavy atom. The third-order valence-electron chi connectivity index (χ3n) is 2.42. The van der Waals surface area contributed by atoms with Crippen molar-refractivity contribution in [3.63, 3.8) is 0 Å². The zero-order valence-corrected chi connectivity index (χ0v) is 8.09. The second-order valence-corrected chi connectivity index (χ2v) is 3.54. The summed E-state index contributed by atoms with van der Waals surface area (Å²) >= 11 is 0. The molecule has 0 bridgehead atoms. The van der Waals surface area contributed by atoms with Crippen molar-refractivity contribution in [2.75, 3.05) is 16.4 Å². The number of nitrogen functional groups attached to an aromatic ring is 1. The van der Waals surface area contributed by atoms with Crippen LogP contribution in [0.4, 0.5) is 17.5 Å². The summed E-state index contributed by atoms with van der Waals surface area (Å²) in [5.41, 5.74) is 5.65. The molecule has 2 rings (SSSR count). The van der Waals surface area contributed by atoms with E-state index in [1.165, 1.54) is 0 Å². The summed E-state index contributed by atoms with van der Waals surface area (Å²) < 4.78 is 0. The highest BCUT2D eigenvalue weighted by Gasteiger charge is 2.23. The first-order valence-corrected chi connectivity index (χ1v) is 4.51. The van der Waals surface area contributed by atoms with Crippen LogP contribution in [0, 0.1) is 0 Å². The van der Waals surface area contributed by atoms with Crippen LogP contribution in [0.1, 0.15) is 13.8 Å². The Bertz CT molecular complexity index is 413. The Kier molecular flexibility index (Phi) is 1.83. The van der Waals surface area contributed by atoms with Gasteiger partial charge in [0.15, 0.2) is 5.82 Å². The highest BCUT2D eigenvalue weighted by Crippen LogP contribution is 2.22. The Morgan fingerprint density at radius 2 is 1.93 bits per heavy atom. The molecule has 0 aromatic carbocycles. The van der Waals surface area contributed by atoms with Crippen LogP contribution < -0.4 is 21.9 Å². The summed E-state index contributed by atoms with van der Waals surface area (Å²) in [5.74, 6) is 0.654. The number of H-pyrrole nitrogens is 1. The lowest BCUT2D eigenvalue weighted by Crippen LogP contribution is -2.41. The van der Waals surface area contributed by atoms with Gasteiger partial charge in [0.25, 0.3) is 5.56 Å². The average Bonchev–Trinajstić information content (AvgIpc) is 2.08. The molecule has 2 heterocycles. The number of aromatic nitrogens is 2. The summed E-state index contributed by atoms with van der Waals surface area (Å²) in [6, 6.07) is 0.408. The first-order valence-electron chi connectivity index (χ1n) is 4.51. The van der Waals surface area contributed by atoms with Crippen LogP contribution in [0.2, 0.25) is 0 Å². The monoisotopic (exact) mass is 195 g/mol. The molecule has 6 heteroatoms. The summed E-state index contributed by atoms with van der Waals surface area (Å²) in [7, 11) is 0. The zero-order chi connectivity index (χ0) is 10.3. The molecule has 2 atom stereocenters. The van der Waals surface area contributed by atoms with Crippen LogP contribution in [0.5, 0.6) is 0 Å². The van der Waals surface area contributed by atoms with E-state index in [9.17, 15) is 4.79 Å². The minimum absolute atomic E-state index is 0.129. The van der Waals surface area contributed by atoms with E-state index in [0.717, 1.165) is 0 Å². The lowest BCUT2D eigenvalue weighted by molar-refractivity contribution is 0.656. The van der Waals surface area contributed by atoms with Crippen molar-refractivity contribution in [1.29, 1.82) is 0 Å². The largest absolute Gasteiger partial charge is 0.373 e. The molecule has 0 saturated carbocycles. The van der Waals surface area contributed by atoms with Gasteiger partial charge in [0.1, 0.15) is 5.69 Å². The lowest BCUT2D eigenvalue weighted by atomic mass is 10.1. The standard InChI is InChI=1S/C8H13N5O/c1-3-4(2)11-6-5(10-3)7(14)13-8(9)12-6/h3-4,10H,1-2H3,(H4,9,11,12,13,14)/t3-,4-/m1/s1. The molecule has 0 radical (unpaired) electrons. The van der Waals surface area contributed by atoms with Crippen molar-refractivity contribution in [2.24, 2.45) is 0 Å². The molecule has 0 unspecified atom stereocenters. The van der Waals surface area contributed by atoms with Crippen molar-refractivity contribution < 1.29 is 0 Å². The summed E-state index contributed by atoms with van der Waals surface area (Å²) in [6.45, 7) is 4.01. The molecule has 1 aliphatic heterocycles. The fraction of sp³-hybridized carbons (Fsp3) is 0.500. The van der Waals surface area contributed by atoms with Gasteiger partial charge in [-0.15, -0.1) is 0 Å². The summed E-state index contributed by atoms with van der Waals surface area (Å²) in [4.78, 5) is 17.9. The van der Waals surface area contributed by atoms with Crippen molar-refractivity contribution >= 4 is 17.5 Å². The van der Waals surface area contributed by atoms with Crippen LogP contribution in [-0.2, 0) is 0 Å². The third kappa shape index (κ3) is 1.28. The molecule has 0 amide bonds. The van der Waals surface area contributed by atoms with Crippen LogP contribution in [0.25, 0.3) is 0 Å². The van der Waals surface area contributed by atoms with Gasteiger partial charge in [-0.05, 0) is 13.8 Å². The first-order chi connectivity index (χ1) is 6.58. The lowest BCUT2D eigenvalue weighted by Gasteiger charge is -2.30. The smallest absolute Gasteiger partial charge is 0.277 e. The van der Waals surface area contributed by atoms with Crippen LogP contribution >= 0.6 is 0 Å². The highest BCUT2D eigenvalue weighted by molar-refractivity contribution is 5.67. The Balaban J connectivity index is 2.52. The summed E-state index contributed by atoms with van der Waals surface area (Å²) in [5, 5.41) is 6.20. The Morgan fingerprint density at radius 1 is 1.29 bits per heavy atom. The van der Waals surface area contributed by atoms with Gasteiger partial charge in [0.2, 0.25) is 5.95 Å². The average molecular weight is 195 g/mol. The molecule has 0 spiro atoms. The van der Waals surface area contributed by atoms with Gasteiger partial charge in [-0.3, -0.25) is 9.78 Å². The predicted molar refractivity (Wildman–Crippen MR) is 55.4 cm³/mol. The van der Waals surface area contributed by atoms with Gasteiger partial charge in [-0.2, -0.15) is 4.98 Å². The normalized spacial score (nSPS) is 24.7. The molecule has 0 saturated heterocycles. The minimum Gasteiger partial charge on any atom is -0.373 e. The number of hydrogen-bond donors (Lipinski definition) is 4. The van der Waals surface area contributed by atoms with E-state index in [0.29, 0.717) is 11.5 Å². The molecule has 0 aliphatic carbocycles. The van der Waals surface area contributed by atoms with Gasteiger partial charge in [0.05, 0.1) is 0 Å². The Labute approximate surface area is 80.9 Å². The zero-order valence-electron chi connectivity index (χ0n) is 8.09. The van der Waals surface area contributed by atoms with E-state index in [1.807, 2.05) is 13.8 Å².